The predicted octanol–water partition coefficient (Wildman–Crippen LogP) is 0.984. The van der Waals surface area contributed by atoms with Crippen LogP contribution in [0.2, 0.25) is 0 Å². The monoisotopic (exact) mass is 123 g/mol. The first-order valence-electron chi connectivity index (χ1n) is 3.21. The molecule has 1 aliphatic carbocycles. The van der Waals surface area contributed by atoms with E-state index in [2.05, 4.69) is 15.3 Å². The van der Waals surface area contributed by atoms with Crippen LogP contribution in [0, 0.1) is 0 Å². The Kier molecular flexibility index (Phi) is 0.946. The first-order chi connectivity index (χ1) is 4.45. The Morgan fingerprint density at radius 1 is 1.67 bits per heavy atom. The lowest BCUT2D eigenvalue weighted by Gasteiger charge is -1.95. The Labute approximate surface area is 53.5 Å². The summed E-state index contributed by atoms with van der Waals surface area (Å²) in [5.74, 6) is 0.900. The smallest absolute Gasteiger partial charge is 0.200 e. The quantitative estimate of drug-likeness (QED) is 0.615. The standard InChI is InChI=1S/C6H9N3/c1-2-5(1)9-6-7-3-4-8-6/h3-5H,1-2H2,(H2,7,8,9). The summed E-state index contributed by atoms with van der Waals surface area (Å²) in [6.07, 6.45) is 6.16. The van der Waals surface area contributed by atoms with Gasteiger partial charge in [0.05, 0.1) is 0 Å². The van der Waals surface area contributed by atoms with Crippen molar-refractivity contribution < 1.29 is 0 Å². The minimum Gasteiger partial charge on any atom is -0.353 e. The summed E-state index contributed by atoms with van der Waals surface area (Å²) in [5, 5.41) is 3.23. The van der Waals surface area contributed by atoms with Gasteiger partial charge in [0, 0.05) is 18.4 Å². The third-order valence-electron chi connectivity index (χ3n) is 1.42. The number of aromatic nitrogens is 2. The Morgan fingerprint density at radius 2 is 2.56 bits per heavy atom. The summed E-state index contributed by atoms with van der Waals surface area (Å²) >= 11 is 0. The van der Waals surface area contributed by atoms with Gasteiger partial charge in [-0.3, -0.25) is 0 Å². The van der Waals surface area contributed by atoms with Gasteiger partial charge in [0.25, 0.3) is 0 Å². The third kappa shape index (κ3) is 1.04. The molecule has 1 aromatic heterocycles. The molecule has 0 aliphatic heterocycles. The lowest BCUT2D eigenvalue weighted by atomic mass is 10.7. The predicted molar refractivity (Wildman–Crippen MR) is 35.2 cm³/mol. The van der Waals surface area contributed by atoms with E-state index in [9.17, 15) is 0 Å². The van der Waals surface area contributed by atoms with Gasteiger partial charge in [-0.25, -0.2) is 4.98 Å². The fourth-order valence-electron chi connectivity index (χ4n) is 0.765. The van der Waals surface area contributed by atoms with Gasteiger partial charge in [0.1, 0.15) is 0 Å². The summed E-state index contributed by atoms with van der Waals surface area (Å²) in [4.78, 5) is 7.02. The van der Waals surface area contributed by atoms with Crippen LogP contribution >= 0.6 is 0 Å². The second-order valence-electron chi connectivity index (χ2n) is 2.36. The van der Waals surface area contributed by atoms with E-state index in [4.69, 9.17) is 0 Å². The summed E-state index contributed by atoms with van der Waals surface area (Å²) in [7, 11) is 0. The molecule has 1 heterocycles. The lowest BCUT2D eigenvalue weighted by molar-refractivity contribution is 1.09. The molecular formula is C6H9N3. The van der Waals surface area contributed by atoms with E-state index in [0.29, 0.717) is 6.04 Å². The molecule has 3 nitrogen and oxygen atoms in total. The van der Waals surface area contributed by atoms with Crippen LogP contribution in [0.15, 0.2) is 12.4 Å². The average Bonchev–Trinajstić information content (AvgIpc) is 2.46. The van der Waals surface area contributed by atoms with Gasteiger partial charge < -0.3 is 10.3 Å². The Balaban J connectivity index is 1.99. The van der Waals surface area contributed by atoms with Crippen LogP contribution in [0.3, 0.4) is 0 Å². The van der Waals surface area contributed by atoms with Gasteiger partial charge in [0.15, 0.2) is 5.95 Å². The van der Waals surface area contributed by atoms with Crippen molar-refractivity contribution >= 4 is 5.95 Å². The maximum Gasteiger partial charge on any atom is 0.200 e. The molecule has 0 bridgehead atoms. The highest BCUT2D eigenvalue weighted by atomic mass is 15.1. The van der Waals surface area contributed by atoms with Gasteiger partial charge in [-0.15, -0.1) is 0 Å². The summed E-state index contributed by atoms with van der Waals surface area (Å²) in [5.41, 5.74) is 0. The normalized spacial score (nSPS) is 17.8. The molecule has 0 unspecified atom stereocenters. The second kappa shape index (κ2) is 1.76. The number of hydrogen-bond acceptors (Lipinski definition) is 2. The molecule has 48 valence electrons. The summed E-state index contributed by atoms with van der Waals surface area (Å²) in [6, 6.07) is 0.691. The van der Waals surface area contributed by atoms with E-state index in [1.54, 1.807) is 6.20 Å². The number of nitrogens with one attached hydrogen (secondary N) is 2. The molecule has 2 rings (SSSR count). The van der Waals surface area contributed by atoms with Gasteiger partial charge in [-0.1, -0.05) is 0 Å². The van der Waals surface area contributed by atoms with E-state index >= 15 is 0 Å². The van der Waals surface area contributed by atoms with E-state index < -0.39 is 0 Å². The van der Waals surface area contributed by atoms with Crippen molar-refractivity contribution in [3.63, 3.8) is 0 Å². The first-order valence-corrected chi connectivity index (χ1v) is 3.21. The Bertz CT molecular complexity index is 176. The highest BCUT2D eigenvalue weighted by Gasteiger charge is 2.21. The number of nitrogens with zero attached hydrogens (tertiary/aromatic N) is 1. The molecule has 2 N–H and O–H groups in total. The molecule has 0 aromatic carbocycles. The number of rotatable bonds is 2. The molecule has 0 atom stereocenters. The minimum absolute atomic E-state index is 0.691. The van der Waals surface area contributed by atoms with Crippen molar-refractivity contribution in [3.05, 3.63) is 12.4 Å². The fourth-order valence-corrected chi connectivity index (χ4v) is 0.765. The Morgan fingerprint density at radius 3 is 3.11 bits per heavy atom. The van der Waals surface area contributed by atoms with Crippen LogP contribution in [0.1, 0.15) is 12.8 Å². The van der Waals surface area contributed by atoms with E-state index in [1.165, 1.54) is 12.8 Å². The highest BCUT2D eigenvalue weighted by Crippen LogP contribution is 2.22. The van der Waals surface area contributed by atoms with Crippen LogP contribution in [0.4, 0.5) is 5.95 Å². The van der Waals surface area contributed by atoms with Gasteiger partial charge >= 0.3 is 0 Å². The maximum atomic E-state index is 4.03. The average molecular weight is 123 g/mol. The zero-order valence-electron chi connectivity index (χ0n) is 5.09. The lowest BCUT2D eigenvalue weighted by Crippen LogP contribution is -2.01. The Hall–Kier alpha value is -0.990. The largest absolute Gasteiger partial charge is 0.353 e. The number of hydrogen-bond donors (Lipinski definition) is 2. The molecule has 0 saturated heterocycles. The fraction of sp³-hybridized carbons (Fsp3) is 0.500. The summed E-state index contributed by atoms with van der Waals surface area (Å²) in [6.45, 7) is 0. The van der Waals surface area contributed by atoms with Crippen LogP contribution in [0.25, 0.3) is 0 Å². The van der Waals surface area contributed by atoms with Gasteiger partial charge in [-0.05, 0) is 12.8 Å². The molecule has 1 saturated carbocycles. The van der Waals surface area contributed by atoms with Crippen LogP contribution in [-0.4, -0.2) is 16.0 Å². The van der Waals surface area contributed by atoms with Crippen molar-refractivity contribution in [1.82, 2.24) is 9.97 Å². The van der Waals surface area contributed by atoms with E-state index in [0.717, 1.165) is 5.95 Å². The maximum absolute atomic E-state index is 4.03. The number of H-pyrrole nitrogens is 1. The second-order valence-corrected chi connectivity index (χ2v) is 2.36. The summed E-state index contributed by atoms with van der Waals surface area (Å²) < 4.78 is 0. The molecule has 3 heteroatoms. The molecule has 0 radical (unpaired) electrons. The molecule has 1 aromatic rings. The topological polar surface area (TPSA) is 40.7 Å². The molecule has 0 amide bonds. The molecule has 0 spiro atoms. The van der Waals surface area contributed by atoms with E-state index in [-0.39, 0.29) is 0 Å². The first kappa shape index (κ1) is 4.85. The van der Waals surface area contributed by atoms with Crippen molar-refractivity contribution in [1.29, 1.82) is 0 Å². The van der Waals surface area contributed by atoms with Gasteiger partial charge in [0.2, 0.25) is 0 Å². The zero-order valence-corrected chi connectivity index (χ0v) is 5.09. The van der Waals surface area contributed by atoms with Gasteiger partial charge in [-0.2, -0.15) is 0 Å². The van der Waals surface area contributed by atoms with Crippen molar-refractivity contribution in [2.45, 2.75) is 18.9 Å². The number of anilines is 1. The SMILES string of the molecule is c1c[nH]c(NC2CC2)n1. The van der Waals surface area contributed by atoms with Crippen LogP contribution in [-0.2, 0) is 0 Å². The third-order valence-corrected chi connectivity index (χ3v) is 1.42. The minimum atomic E-state index is 0.691. The van der Waals surface area contributed by atoms with Crippen molar-refractivity contribution in [2.75, 3.05) is 5.32 Å². The van der Waals surface area contributed by atoms with E-state index in [1.807, 2.05) is 6.20 Å². The zero-order chi connectivity index (χ0) is 6.10. The van der Waals surface area contributed by atoms with Crippen molar-refractivity contribution in [3.8, 4) is 0 Å². The van der Waals surface area contributed by atoms with Crippen LogP contribution < -0.4 is 5.32 Å². The molecule has 1 fully saturated rings. The number of aromatic amines is 1. The molecule has 1 aliphatic rings. The highest BCUT2D eigenvalue weighted by molar-refractivity contribution is 5.26. The van der Waals surface area contributed by atoms with Crippen molar-refractivity contribution in [2.24, 2.45) is 0 Å². The molecular weight excluding hydrogens is 114 g/mol. The number of imidazole rings is 1. The van der Waals surface area contributed by atoms with Crippen LogP contribution in [0.5, 0.6) is 0 Å². The molecule has 9 heavy (non-hydrogen) atoms.